The summed E-state index contributed by atoms with van der Waals surface area (Å²) < 4.78 is 1.91. The zero-order chi connectivity index (χ0) is 22.5. The fourth-order valence-electron chi connectivity index (χ4n) is 4.15. The van der Waals surface area contributed by atoms with Gasteiger partial charge >= 0.3 is 0 Å². The van der Waals surface area contributed by atoms with Crippen LogP contribution < -0.4 is 10.2 Å². The second-order valence-corrected chi connectivity index (χ2v) is 8.09. The molecule has 1 aromatic heterocycles. The highest BCUT2D eigenvalue weighted by atomic mass is 16.1. The average molecular weight is 426 g/mol. The molecular weight excluding hydrogens is 398 g/mol. The molecule has 6 heteroatoms. The highest BCUT2D eigenvalue weighted by Crippen LogP contribution is 2.21. The molecule has 162 valence electrons. The van der Waals surface area contributed by atoms with Gasteiger partial charge in [0.2, 0.25) is 5.91 Å². The van der Waals surface area contributed by atoms with Gasteiger partial charge in [-0.3, -0.25) is 4.79 Å². The van der Waals surface area contributed by atoms with Crippen molar-refractivity contribution in [3.8, 4) is 11.8 Å². The Bertz CT molecular complexity index is 1150. The highest BCUT2D eigenvalue weighted by Gasteiger charge is 2.20. The Labute approximate surface area is 188 Å². The second kappa shape index (κ2) is 9.52. The molecule has 1 aliphatic heterocycles. The lowest BCUT2D eigenvalue weighted by Crippen LogP contribution is -2.44. The van der Waals surface area contributed by atoms with Crippen LogP contribution in [0.15, 0.2) is 60.7 Å². The monoisotopic (exact) mass is 425 g/mol. The molecule has 2 aromatic carbocycles. The van der Waals surface area contributed by atoms with Crippen LogP contribution in [0.1, 0.15) is 35.4 Å². The number of carbonyl (C=O) groups is 1. The molecule has 0 saturated carbocycles. The molecule has 1 fully saturated rings. The van der Waals surface area contributed by atoms with E-state index in [1.807, 2.05) is 79.2 Å². The van der Waals surface area contributed by atoms with Crippen LogP contribution in [0.4, 0.5) is 5.69 Å². The summed E-state index contributed by atoms with van der Waals surface area (Å²) in [4.78, 5) is 14.8. The maximum Gasteiger partial charge on any atom is 0.244 e. The molecule has 0 bridgehead atoms. The Hall–Kier alpha value is -3.85. The lowest BCUT2D eigenvalue weighted by molar-refractivity contribution is -0.117. The van der Waals surface area contributed by atoms with E-state index in [0.717, 1.165) is 54.3 Å². The molecule has 2 heterocycles. The van der Waals surface area contributed by atoms with Crippen molar-refractivity contribution in [1.29, 1.82) is 5.26 Å². The number of para-hydroxylation sites is 1. The highest BCUT2D eigenvalue weighted by molar-refractivity contribution is 5.92. The normalized spacial score (nSPS) is 14.5. The van der Waals surface area contributed by atoms with Gasteiger partial charge in [0.1, 0.15) is 0 Å². The smallest absolute Gasteiger partial charge is 0.244 e. The summed E-state index contributed by atoms with van der Waals surface area (Å²) in [5.41, 5.74) is 5.67. The number of nitrogens with one attached hydrogen (secondary N) is 1. The number of piperidine rings is 1. The summed E-state index contributed by atoms with van der Waals surface area (Å²) in [6, 6.07) is 20.0. The second-order valence-electron chi connectivity index (χ2n) is 8.09. The fraction of sp³-hybridized carbons (Fsp3) is 0.269. The minimum atomic E-state index is -0.0758. The Morgan fingerprint density at radius 3 is 2.41 bits per heavy atom. The standard InChI is InChI=1S/C26H27N5O/c1-19-25(20(2)31(29-19)24-6-4-3-5-7-24)12-13-26(32)28-22-14-16-30(17-15-22)23-10-8-21(18-27)9-11-23/h3-13,22H,14-17H2,1-2H3,(H,28,32)/b13-12+. The van der Waals surface area contributed by atoms with E-state index < -0.39 is 0 Å². The number of amides is 1. The minimum Gasteiger partial charge on any atom is -0.371 e. The van der Waals surface area contributed by atoms with E-state index in [1.165, 1.54) is 0 Å². The van der Waals surface area contributed by atoms with Gasteiger partial charge in [-0.15, -0.1) is 0 Å². The molecule has 0 radical (unpaired) electrons. The van der Waals surface area contributed by atoms with Gasteiger partial charge in [-0.05, 0) is 69.2 Å². The fourth-order valence-corrected chi connectivity index (χ4v) is 4.15. The SMILES string of the molecule is Cc1nn(-c2ccccc2)c(C)c1/C=C/C(=O)NC1CCN(c2ccc(C#N)cc2)CC1. The summed E-state index contributed by atoms with van der Waals surface area (Å²) in [6.45, 7) is 5.73. The number of benzene rings is 2. The number of nitriles is 1. The van der Waals surface area contributed by atoms with Crippen molar-refractivity contribution in [3.05, 3.63) is 83.2 Å². The summed E-state index contributed by atoms with van der Waals surface area (Å²) in [5.74, 6) is -0.0758. The van der Waals surface area contributed by atoms with Crippen LogP contribution in [-0.2, 0) is 4.79 Å². The Kier molecular flexibility index (Phi) is 6.37. The van der Waals surface area contributed by atoms with Crippen molar-refractivity contribution in [1.82, 2.24) is 15.1 Å². The number of nitrogens with zero attached hydrogens (tertiary/aromatic N) is 4. The molecule has 0 spiro atoms. The van der Waals surface area contributed by atoms with Crippen molar-refractivity contribution >= 4 is 17.7 Å². The third-order valence-corrected chi connectivity index (χ3v) is 5.95. The molecule has 1 amide bonds. The Balaban J connectivity index is 1.34. The first-order valence-corrected chi connectivity index (χ1v) is 10.9. The van der Waals surface area contributed by atoms with Gasteiger partial charge in [-0.25, -0.2) is 4.68 Å². The lowest BCUT2D eigenvalue weighted by Gasteiger charge is -2.33. The largest absolute Gasteiger partial charge is 0.371 e. The zero-order valence-electron chi connectivity index (χ0n) is 18.5. The topological polar surface area (TPSA) is 74.0 Å². The van der Waals surface area contributed by atoms with Crippen LogP contribution in [0.25, 0.3) is 11.8 Å². The van der Waals surface area contributed by atoms with Gasteiger partial charge in [-0.2, -0.15) is 10.4 Å². The number of carbonyl (C=O) groups excluding carboxylic acids is 1. The van der Waals surface area contributed by atoms with E-state index in [-0.39, 0.29) is 11.9 Å². The molecule has 1 aliphatic rings. The van der Waals surface area contributed by atoms with E-state index in [9.17, 15) is 4.79 Å². The summed E-state index contributed by atoms with van der Waals surface area (Å²) in [7, 11) is 0. The predicted molar refractivity (Wildman–Crippen MR) is 127 cm³/mol. The van der Waals surface area contributed by atoms with Crippen LogP contribution in [0, 0.1) is 25.2 Å². The average Bonchev–Trinajstić information content (AvgIpc) is 3.12. The van der Waals surface area contributed by atoms with Crippen LogP contribution >= 0.6 is 0 Å². The third kappa shape index (κ3) is 4.73. The minimum absolute atomic E-state index is 0.0758. The lowest BCUT2D eigenvalue weighted by atomic mass is 10.0. The van der Waals surface area contributed by atoms with E-state index in [0.29, 0.717) is 5.56 Å². The summed E-state index contributed by atoms with van der Waals surface area (Å²) in [6.07, 6.45) is 5.25. The number of hydrogen-bond donors (Lipinski definition) is 1. The van der Waals surface area contributed by atoms with Gasteiger partial charge in [0.05, 0.1) is 23.0 Å². The quantitative estimate of drug-likeness (QED) is 0.623. The van der Waals surface area contributed by atoms with Crippen LogP contribution in [0.5, 0.6) is 0 Å². The number of aromatic nitrogens is 2. The molecule has 6 nitrogen and oxygen atoms in total. The molecule has 0 unspecified atom stereocenters. The number of rotatable bonds is 5. The Morgan fingerprint density at radius 1 is 1.06 bits per heavy atom. The van der Waals surface area contributed by atoms with Crippen molar-refractivity contribution in [2.45, 2.75) is 32.7 Å². The molecule has 4 rings (SSSR count). The zero-order valence-corrected chi connectivity index (χ0v) is 18.5. The van der Waals surface area contributed by atoms with Gasteiger partial charge in [0.15, 0.2) is 0 Å². The predicted octanol–water partition coefficient (Wildman–Crippen LogP) is 4.16. The third-order valence-electron chi connectivity index (χ3n) is 5.95. The van der Waals surface area contributed by atoms with E-state index in [2.05, 4.69) is 21.4 Å². The molecule has 0 atom stereocenters. The summed E-state index contributed by atoms with van der Waals surface area (Å²) in [5, 5.41) is 16.7. The van der Waals surface area contributed by atoms with Crippen molar-refractivity contribution in [3.63, 3.8) is 0 Å². The Morgan fingerprint density at radius 2 is 1.75 bits per heavy atom. The van der Waals surface area contributed by atoms with Crippen LogP contribution in [0.3, 0.4) is 0 Å². The maximum atomic E-state index is 12.5. The van der Waals surface area contributed by atoms with Gasteiger partial charge in [0, 0.05) is 42.2 Å². The molecule has 32 heavy (non-hydrogen) atoms. The van der Waals surface area contributed by atoms with E-state index in [4.69, 9.17) is 5.26 Å². The number of hydrogen-bond acceptors (Lipinski definition) is 4. The van der Waals surface area contributed by atoms with Crippen LogP contribution in [-0.4, -0.2) is 34.8 Å². The van der Waals surface area contributed by atoms with E-state index >= 15 is 0 Å². The van der Waals surface area contributed by atoms with Crippen molar-refractivity contribution < 1.29 is 4.79 Å². The first-order chi connectivity index (χ1) is 15.5. The molecule has 0 aliphatic carbocycles. The summed E-state index contributed by atoms with van der Waals surface area (Å²) >= 11 is 0. The maximum absolute atomic E-state index is 12.5. The van der Waals surface area contributed by atoms with E-state index in [1.54, 1.807) is 6.08 Å². The van der Waals surface area contributed by atoms with Gasteiger partial charge < -0.3 is 10.2 Å². The molecular formula is C26H27N5O. The van der Waals surface area contributed by atoms with Crippen LogP contribution in [0.2, 0.25) is 0 Å². The first kappa shape index (κ1) is 21.4. The number of aryl methyl sites for hydroxylation is 1. The number of anilines is 1. The molecule has 1 N–H and O–H groups in total. The van der Waals surface area contributed by atoms with Gasteiger partial charge in [-0.1, -0.05) is 18.2 Å². The molecule has 3 aromatic rings. The van der Waals surface area contributed by atoms with Crippen molar-refractivity contribution in [2.24, 2.45) is 0 Å². The first-order valence-electron chi connectivity index (χ1n) is 10.9. The van der Waals surface area contributed by atoms with Crippen molar-refractivity contribution in [2.75, 3.05) is 18.0 Å². The van der Waals surface area contributed by atoms with Gasteiger partial charge in [0.25, 0.3) is 0 Å². The molecule has 1 saturated heterocycles.